The number of hydrogen-bond acceptors (Lipinski definition) is 5. The van der Waals surface area contributed by atoms with Gasteiger partial charge in [0.05, 0.1) is 17.1 Å². The lowest BCUT2D eigenvalue weighted by Crippen LogP contribution is -2.48. The van der Waals surface area contributed by atoms with Crippen molar-refractivity contribution in [3.05, 3.63) is 35.4 Å². The minimum absolute atomic E-state index is 0.0171. The predicted octanol–water partition coefficient (Wildman–Crippen LogP) is 2.96. The monoisotopic (exact) mass is 409 g/mol. The number of ether oxygens (including phenoxy) is 1. The Kier molecular flexibility index (Phi) is 6.91. The maximum atomic E-state index is 12.7. The van der Waals surface area contributed by atoms with E-state index in [0.717, 1.165) is 5.56 Å². The van der Waals surface area contributed by atoms with E-state index in [1.807, 2.05) is 26.0 Å². The SMILES string of the molecule is CC[C@H](C)N(C(=O)COC(=O)c1ccc(C(C)(C)C)cc1)[C@@H]1CCS(=O)(=O)C1. The van der Waals surface area contributed by atoms with E-state index in [0.29, 0.717) is 18.4 Å². The standard InChI is InChI=1S/C21H31NO5S/c1-6-15(2)22(18-11-12-28(25,26)14-18)19(23)13-27-20(24)16-7-9-17(10-8-16)21(3,4)5/h7-10,15,18H,6,11-14H2,1-5H3/t15-,18+/m0/s1. The van der Waals surface area contributed by atoms with E-state index in [2.05, 4.69) is 20.8 Å². The minimum Gasteiger partial charge on any atom is -0.452 e. The van der Waals surface area contributed by atoms with E-state index in [-0.39, 0.29) is 41.5 Å². The van der Waals surface area contributed by atoms with Gasteiger partial charge in [-0.1, -0.05) is 39.8 Å². The number of nitrogens with zero attached hydrogens (tertiary/aromatic N) is 1. The minimum atomic E-state index is -3.11. The molecule has 2 rings (SSSR count). The number of rotatable bonds is 6. The normalized spacial score (nSPS) is 19.8. The largest absolute Gasteiger partial charge is 0.452 e. The molecule has 0 spiro atoms. The summed E-state index contributed by atoms with van der Waals surface area (Å²) in [4.78, 5) is 26.6. The molecule has 1 fully saturated rings. The van der Waals surface area contributed by atoms with Crippen LogP contribution in [0.5, 0.6) is 0 Å². The van der Waals surface area contributed by atoms with E-state index in [9.17, 15) is 18.0 Å². The first-order valence-corrected chi connectivity index (χ1v) is 11.6. The average Bonchev–Trinajstić information content (AvgIpc) is 2.98. The smallest absolute Gasteiger partial charge is 0.338 e. The van der Waals surface area contributed by atoms with E-state index in [4.69, 9.17) is 4.74 Å². The molecule has 7 heteroatoms. The van der Waals surface area contributed by atoms with Crippen LogP contribution in [0.3, 0.4) is 0 Å². The molecule has 2 atom stereocenters. The van der Waals surface area contributed by atoms with Crippen LogP contribution in [-0.4, -0.2) is 55.4 Å². The van der Waals surface area contributed by atoms with Crippen molar-refractivity contribution in [2.24, 2.45) is 0 Å². The third kappa shape index (κ3) is 5.56. The summed E-state index contributed by atoms with van der Waals surface area (Å²) < 4.78 is 28.8. The zero-order valence-electron chi connectivity index (χ0n) is 17.4. The van der Waals surface area contributed by atoms with Crippen molar-refractivity contribution in [2.45, 2.75) is 65.0 Å². The molecule has 0 bridgehead atoms. The molecule has 0 N–H and O–H groups in total. The van der Waals surface area contributed by atoms with Crippen LogP contribution in [0.2, 0.25) is 0 Å². The van der Waals surface area contributed by atoms with Gasteiger partial charge in [0.1, 0.15) is 0 Å². The van der Waals surface area contributed by atoms with Gasteiger partial charge in [0.2, 0.25) is 0 Å². The van der Waals surface area contributed by atoms with E-state index >= 15 is 0 Å². The molecule has 0 aliphatic carbocycles. The molecular formula is C21H31NO5S. The molecule has 1 aliphatic heterocycles. The predicted molar refractivity (Wildman–Crippen MR) is 109 cm³/mol. The second-order valence-corrected chi connectivity index (χ2v) is 10.7. The van der Waals surface area contributed by atoms with Crippen molar-refractivity contribution in [2.75, 3.05) is 18.1 Å². The van der Waals surface area contributed by atoms with Gasteiger partial charge in [0.15, 0.2) is 16.4 Å². The van der Waals surface area contributed by atoms with Gasteiger partial charge in [-0.25, -0.2) is 13.2 Å². The highest BCUT2D eigenvalue weighted by atomic mass is 32.2. The Morgan fingerprint density at radius 2 is 1.82 bits per heavy atom. The van der Waals surface area contributed by atoms with Crippen molar-refractivity contribution in [1.29, 1.82) is 0 Å². The Bertz CT molecular complexity index is 808. The molecule has 1 heterocycles. The van der Waals surface area contributed by atoms with Crippen LogP contribution >= 0.6 is 0 Å². The highest BCUT2D eigenvalue weighted by Crippen LogP contribution is 2.23. The van der Waals surface area contributed by atoms with Gasteiger partial charge in [0, 0.05) is 12.1 Å². The molecule has 28 heavy (non-hydrogen) atoms. The average molecular weight is 410 g/mol. The van der Waals surface area contributed by atoms with Crippen molar-refractivity contribution >= 4 is 21.7 Å². The molecule has 1 aliphatic rings. The van der Waals surface area contributed by atoms with Gasteiger partial charge < -0.3 is 9.64 Å². The fourth-order valence-electron chi connectivity index (χ4n) is 3.39. The van der Waals surface area contributed by atoms with E-state index in [1.165, 1.54) is 0 Å². The summed E-state index contributed by atoms with van der Waals surface area (Å²) in [5, 5.41) is 0. The van der Waals surface area contributed by atoms with Crippen LogP contribution in [0, 0.1) is 0 Å². The maximum Gasteiger partial charge on any atom is 0.338 e. The second-order valence-electron chi connectivity index (χ2n) is 8.52. The van der Waals surface area contributed by atoms with Gasteiger partial charge >= 0.3 is 5.97 Å². The fraction of sp³-hybridized carbons (Fsp3) is 0.619. The summed E-state index contributed by atoms with van der Waals surface area (Å²) in [6.45, 7) is 9.71. The Hall–Kier alpha value is -1.89. The first-order valence-electron chi connectivity index (χ1n) is 9.74. The van der Waals surface area contributed by atoms with Gasteiger partial charge in [-0.05, 0) is 42.9 Å². The zero-order chi connectivity index (χ0) is 21.1. The number of hydrogen-bond donors (Lipinski definition) is 0. The number of amides is 1. The molecule has 0 unspecified atom stereocenters. The summed E-state index contributed by atoms with van der Waals surface area (Å²) in [5.74, 6) is -0.837. The molecule has 0 saturated carbocycles. The van der Waals surface area contributed by atoms with Crippen LogP contribution in [0.15, 0.2) is 24.3 Å². The van der Waals surface area contributed by atoms with Crippen molar-refractivity contribution in [1.82, 2.24) is 4.90 Å². The van der Waals surface area contributed by atoms with Gasteiger partial charge in [-0.15, -0.1) is 0 Å². The topological polar surface area (TPSA) is 80.8 Å². The Morgan fingerprint density at radius 3 is 2.29 bits per heavy atom. The summed E-state index contributed by atoms with van der Waals surface area (Å²) in [6, 6.07) is 6.69. The lowest BCUT2D eigenvalue weighted by atomic mass is 9.87. The Labute approximate surface area is 168 Å². The van der Waals surface area contributed by atoms with Crippen LogP contribution < -0.4 is 0 Å². The number of carbonyl (C=O) groups is 2. The molecular weight excluding hydrogens is 378 g/mol. The maximum absolute atomic E-state index is 12.7. The molecule has 1 aromatic carbocycles. The lowest BCUT2D eigenvalue weighted by molar-refractivity contribution is -0.138. The quantitative estimate of drug-likeness (QED) is 0.675. The van der Waals surface area contributed by atoms with Crippen LogP contribution in [0.4, 0.5) is 0 Å². The fourth-order valence-corrected chi connectivity index (χ4v) is 5.10. The Balaban J connectivity index is 2.02. The summed E-state index contributed by atoms with van der Waals surface area (Å²) in [7, 11) is -3.11. The molecule has 156 valence electrons. The third-order valence-corrected chi connectivity index (χ3v) is 7.02. The van der Waals surface area contributed by atoms with E-state index < -0.39 is 15.8 Å². The third-order valence-electron chi connectivity index (χ3n) is 5.27. The first kappa shape index (κ1) is 22.4. The Morgan fingerprint density at radius 1 is 1.21 bits per heavy atom. The lowest BCUT2D eigenvalue weighted by Gasteiger charge is -2.33. The summed E-state index contributed by atoms with van der Waals surface area (Å²) >= 11 is 0. The van der Waals surface area contributed by atoms with Crippen molar-refractivity contribution < 1.29 is 22.7 Å². The zero-order valence-corrected chi connectivity index (χ0v) is 18.2. The van der Waals surface area contributed by atoms with Crippen LogP contribution in [-0.2, 0) is 24.8 Å². The molecule has 1 aromatic rings. The van der Waals surface area contributed by atoms with E-state index in [1.54, 1.807) is 17.0 Å². The van der Waals surface area contributed by atoms with Gasteiger partial charge in [-0.2, -0.15) is 0 Å². The summed E-state index contributed by atoms with van der Waals surface area (Å²) in [6.07, 6.45) is 1.13. The van der Waals surface area contributed by atoms with Crippen molar-refractivity contribution in [3.8, 4) is 0 Å². The molecule has 0 radical (unpaired) electrons. The molecule has 1 amide bonds. The molecule has 0 aromatic heterocycles. The van der Waals surface area contributed by atoms with Crippen molar-refractivity contribution in [3.63, 3.8) is 0 Å². The number of esters is 1. The van der Waals surface area contributed by atoms with Crippen LogP contribution in [0.1, 0.15) is 63.4 Å². The first-order chi connectivity index (χ1) is 12.9. The van der Waals surface area contributed by atoms with Gasteiger partial charge in [-0.3, -0.25) is 4.79 Å². The highest BCUT2D eigenvalue weighted by molar-refractivity contribution is 7.91. The van der Waals surface area contributed by atoms with Crippen LogP contribution in [0.25, 0.3) is 0 Å². The van der Waals surface area contributed by atoms with Gasteiger partial charge in [0.25, 0.3) is 5.91 Å². The summed E-state index contributed by atoms with van der Waals surface area (Å²) in [5.41, 5.74) is 1.47. The number of benzene rings is 1. The number of sulfone groups is 1. The highest BCUT2D eigenvalue weighted by Gasteiger charge is 2.36. The number of carbonyl (C=O) groups excluding carboxylic acids is 2. The second kappa shape index (κ2) is 8.64. The molecule has 6 nitrogen and oxygen atoms in total. The molecule has 1 saturated heterocycles.